The van der Waals surface area contributed by atoms with E-state index in [4.69, 9.17) is 0 Å². The first-order valence-electron chi connectivity index (χ1n) is 9.64. The maximum atomic E-state index is 12.8. The number of nitrogens with one attached hydrogen (secondary N) is 1. The zero-order valence-electron chi connectivity index (χ0n) is 16.2. The molecule has 3 rings (SSSR count). The summed E-state index contributed by atoms with van der Waals surface area (Å²) in [6, 6.07) is 7.15. The second-order valence-corrected chi connectivity index (χ2v) is 8.39. The van der Waals surface area contributed by atoms with E-state index in [2.05, 4.69) is 5.32 Å². The number of amides is 2. The average molecular weight is 372 g/mol. The monoisotopic (exact) mass is 372 g/mol. The Morgan fingerprint density at radius 1 is 1.11 bits per heavy atom. The highest BCUT2D eigenvalue weighted by Gasteiger charge is 2.65. The van der Waals surface area contributed by atoms with Crippen LogP contribution in [0.25, 0.3) is 0 Å². The maximum Gasteiger partial charge on any atom is 0.307 e. The molecule has 2 amide bonds. The standard InChI is InChI=1S/C21H28N2O4/c1-21(2)16(17(21)20(26)27)18(24)22-14-9-7-8-13(12-14)19(25)23(3)15-10-5-4-6-11-15/h7-9,12,15-17H,4-6,10-11H2,1-3H3,(H,22,24)(H,26,27). The molecule has 0 spiro atoms. The number of carboxylic acid groups (broad SMARTS) is 1. The Labute approximate surface area is 159 Å². The van der Waals surface area contributed by atoms with Gasteiger partial charge in [-0.25, -0.2) is 0 Å². The van der Waals surface area contributed by atoms with Gasteiger partial charge in [0.05, 0.1) is 11.8 Å². The first-order chi connectivity index (χ1) is 12.7. The Morgan fingerprint density at radius 2 is 1.78 bits per heavy atom. The fourth-order valence-corrected chi connectivity index (χ4v) is 4.38. The summed E-state index contributed by atoms with van der Waals surface area (Å²) in [4.78, 5) is 38.4. The smallest absolute Gasteiger partial charge is 0.307 e. The molecule has 6 heteroatoms. The molecule has 6 nitrogen and oxygen atoms in total. The zero-order valence-corrected chi connectivity index (χ0v) is 16.2. The number of nitrogens with zero attached hydrogens (tertiary/aromatic N) is 1. The number of hydrogen-bond acceptors (Lipinski definition) is 3. The van der Waals surface area contributed by atoms with Crippen molar-refractivity contribution < 1.29 is 19.5 Å². The molecule has 2 N–H and O–H groups in total. The lowest BCUT2D eigenvalue weighted by Gasteiger charge is -2.31. The maximum absolute atomic E-state index is 12.8. The highest BCUT2D eigenvalue weighted by molar-refractivity contribution is 6.01. The molecule has 0 aliphatic heterocycles. The topological polar surface area (TPSA) is 86.7 Å². The van der Waals surface area contributed by atoms with Crippen LogP contribution in [0.4, 0.5) is 5.69 Å². The van der Waals surface area contributed by atoms with E-state index in [1.807, 2.05) is 11.9 Å². The predicted octanol–water partition coefficient (Wildman–Crippen LogP) is 3.39. The molecule has 0 heterocycles. The predicted molar refractivity (Wildman–Crippen MR) is 102 cm³/mol. The van der Waals surface area contributed by atoms with Crippen LogP contribution in [0.1, 0.15) is 56.3 Å². The molecule has 2 saturated carbocycles. The molecule has 0 radical (unpaired) electrons. The summed E-state index contributed by atoms with van der Waals surface area (Å²) in [7, 11) is 1.84. The number of aliphatic carboxylic acids is 1. The van der Waals surface area contributed by atoms with Crippen molar-refractivity contribution in [3.05, 3.63) is 29.8 Å². The highest BCUT2D eigenvalue weighted by atomic mass is 16.4. The van der Waals surface area contributed by atoms with Gasteiger partial charge in [0.2, 0.25) is 5.91 Å². The third-order valence-electron chi connectivity index (χ3n) is 6.20. The Kier molecular flexibility index (Phi) is 5.27. The SMILES string of the molecule is CN(C(=O)c1cccc(NC(=O)C2C(C(=O)O)C2(C)C)c1)C1CCCCC1. The van der Waals surface area contributed by atoms with E-state index >= 15 is 0 Å². The van der Waals surface area contributed by atoms with Crippen LogP contribution in [0.15, 0.2) is 24.3 Å². The second-order valence-electron chi connectivity index (χ2n) is 8.39. The summed E-state index contributed by atoms with van der Waals surface area (Å²) in [5, 5.41) is 12.0. The van der Waals surface area contributed by atoms with Gasteiger partial charge in [-0.05, 0) is 36.5 Å². The van der Waals surface area contributed by atoms with Crippen LogP contribution >= 0.6 is 0 Å². The third kappa shape index (κ3) is 3.84. The van der Waals surface area contributed by atoms with Gasteiger partial charge >= 0.3 is 5.97 Å². The minimum absolute atomic E-state index is 0.0480. The van der Waals surface area contributed by atoms with Gasteiger partial charge in [0, 0.05) is 24.3 Å². The van der Waals surface area contributed by atoms with Crippen molar-refractivity contribution in [2.75, 3.05) is 12.4 Å². The summed E-state index contributed by atoms with van der Waals surface area (Å²) in [6.45, 7) is 3.57. The van der Waals surface area contributed by atoms with Gasteiger partial charge in [-0.3, -0.25) is 14.4 Å². The van der Waals surface area contributed by atoms with Gasteiger partial charge in [-0.15, -0.1) is 0 Å². The summed E-state index contributed by atoms with van der Waals surface area (Å²) >= 11 is 0. The zero-order chi connectivity index (χ0) is 19.8. The summed E-state index contributed by atoms with van der Waals surface area (Å²) < 4.78 is 0. The molecule has 1 aromatic carbocycles. The van der Waals surface area contributed by atoms with Crippen LogP contribution in [-0.2, 0) is 9.59 Å². The number of anilines is 1. The lowest BCUT2D eigenvalue weighted by atomic mass is 9.94. The minimum atomic E-state index is -0.946. The van der Waals surface area contributed by atoms with Crippen molar-refractivity contribution in [2.45, 2.75) is 52.0 Å². The Bertz CT molecular complexity index is 752. The molecule has 1 aromatic rings. The first kappa shape index (κ1) is 19.4. The molecular weight excluding hydrogens is 344 g/mol. The van der Waals surface area contributed by atoms with Crippen LogP contribution in [0.3, 0.4) is 0 Å². The van der Waals surface area contributed by atoms with Gasteiger partial charge in [-0.2, -0.15) is 0 Å². The molecule has 2 aliphatic rings. The third-order valence-corrected chi connectivity index (χ3v) is 6.20. The van der Waals surface area contributed by atoms with Crippen molar-refractivity contribution in [3.8, 4) is 0 Å². The second kappa shape index (κ2) is 7.33. The molecule has 2 aliphatic carbocycles. The number of rotatable bonds is 5. The van der Waals surface area contributed by atoms with Gasteiger partial charge < -0.3 is 15.3 Å². The van der Waals surface area contributed by atoms with Crippen LogP contribution in [0.2, 0.25) is 0 Å². The summed E-state index contributed by atoms with van der Waals surface area (Å²) in [5.41, 5.74) is 0.505. The van der Waals surface area contributed by atoms with Crippen molar-refractivity contribution in [2.24, 2.45) is 17.3 Å². The average Bonchev–Trinajstić information content (AvgIpc) is 3.24. The fraction of sp³-hybridized carbons (Fsp3) is 0.571. The van der Waals surface area contributed by atoms with Crippen LogP contribution in [0, 0.1) is 17.3 Å². The van der Waals surface area contributed by atoms with E-state index in [1.54, 1.807) is 38.1 Å². The quantitative estimate of drug-likeness (QED) is 0.829. The molecule has 0 bridgehead atoms. The van der Waals surface area contributed by atoms with E-state index < -0.39 is 23.2 Å². The molecule has 27 heavy (non-hydrogen) atoms. The number of carbonyl (C=O) groups is 3. The molecule has 2 fully saturated rings. The number of carbonyl (C=O) groups excluding carboxylic acids is 2. The minimum Gasteiger partial charge on any atom is -0.481 e. The molecule has 0 aromatic heterocycles. The largest absolute Gasteiger partial charge is 0.481 e. The van der Waals surface area contributed by atoms with Crippen molar-refractivity contribution in [1.82, 2.24) is 4.90 Å². The summed E-state index contributed by atoms with van der Waals surface area (Å²) in [5.74, 6) is -2.52. The molecule has 0 saturated heterocycles. The van der Waals surface area contributed by atoms with E-state index in [0.29, 0.717) is 11.3 Å². The number of benzene rings is 1. The molecule has 2 atom stereocenters. The molecule has 146 valence electrons. The van der Waals surface area contributed by atoms with Crippen LogP contribution in [-0.4, -0.2) is 40.9 Å². The number of carboxylic acids is 1. The lowest BCUT2D eigenvalue weighted by molar-refractivity contribution is -0.140. The van der Waals surface area contributed by atoms with E-state index in [-0.39, 0.29) is 17.9 Å². The van der Waals surface area contributed by atoms with Crippen molar-refractivity contribution >= 4 is 23.5 Å². The van der Waals surface area contributed by atoms with Gasteiger partial charge in [-0.1, -0.05) is 39.2 Å². The van der Waals surface area contributed by atoms with E-state index in [0.717, 1.165) is 25.7 Å². The Balaban J connectivity index is 1.68. The van der Waals surface area contributed by atoms with Crippen LogP contribution < -0.4 is 5.32 Å². The lowest BCUT2D eigenvalue weighted by Crippen LogP contribution is -2.38. The van der Waals surface area contributed by atoms with Gasteiger partial charge in [0.15, 0.2) is 0 Å². The van der Waals surface area contributed by atoms with Gasteiger partial charge in [0.1, 0.15) is 0 Å². The molecule has 2 unspecified atom stereocenters. The summed E-state index contributed by atoms with van der Waals surface area (Å²) in [6.07, 6.45) is 5.60. The van der Waals surface area contributed by atoms with Crippen molar-refractivity contribution in [3.63, 3.8) is 0 Å². The fourth-order valence-electron chi connectivity index (χ4n) is 4.38. The Morgan fingerprint density at radius 3 is 2.37 bits per heavy atom. The highest BCUT2D eigenvalue weighted by Crippen LogP contribution is 2.58. The van der Waals surface area contributed by atoms with Gasteiger partial charge in [0.25, 0.3) is 5.91 Å². The normalized spacial score (nSPS) is 24.1. The molecular formula is C21H28N2O4. The van der Waals surface area contributed by atoms with Crippen LogP contribution in [0.5, 0.6) is 0 Å². The van der Waals surface area contributed by atoms with E-state index in [1.165, 1.54) is 6.42 Å². The van der Waals surface area contributed by atoms with Crippen molar-refractivity contribution in [1.29, 1.82) is 0 Å². The van der Waals surface area contributed by atoms with E-state index in [9.17, 15) is 19.5 Å². The first-order valence-corrected chi connectivity index (χ1v) is 9.64. The number of hydrogen-bond donors (Lipinski definition) is 2. The Hall–Kier alpha value is -2.37.